The maximum atomic E-state index is 12.7. The van der Waals surface area contributed by atoms with Crippen molar-refractivity contribution in [2.45, 2.75) is 13.2 Å². The van der Waals surface area contributed by atoms with Gasteiger partial charge >= 0.3 is 0 Å². The van der Waals surface area contributed by atoms with E-state index in [1.54, 1.807) is 0 Å². The minimum absolute atomic E-state index is 0.204. The van der Waals surface area contributed by atoms with Crippen molar-refractivity contribution in [3.05, 3.63) is 101 Å². The third kappa shape index (κ3) is 4.87. The highest BCUT2D eigenvalue weighted by atomic mass is 35.5. The lowest BCUT2D eigenvalue weighted by Gasteiger charge is -2.06. The van der Waals surface area contributed by atoms with E-state index in [4.69, 9.17) is 16.3 Å². The number of nitrogens with zero attached hydrogens (tertiary/aromatic N) is 2. The van der Waals surface area contributed by atoms with Crippen molar-refractivity contribution < 1.29 is 9.53 Å². The van der Waals surface area contributed by atoms with Gasteiger partial charge in [-0.1, -0.05) is 72.3 Å². The Balaban J connectivity index is 1.40. The molecule has 1 amide bonds. The molecule has 5 nitrogen and oxygen atoms in total. The van der Waals surface area contributed by atoms with Gasteiger partial charge in [-0.15, -0.1) is 0 Å². The number of ether oxygens (including phenoxy) is 1. The van der Waals surface area contributed by atoms with Crippen LogP contribution in [-0.4, -0.2) is 28.8 Å². The second-order valence-corrected chi connectivity index (χ2v) is 7.38. The third-order valence-corrected chi connectivity index (χ3v) is 5.01. The predicted molar refractivity (Wildman–Crippen MR) is 119 cm³/mol. The highest BCUT2D eigenvalue weighted by Crippen LogP contribution is 2.20. The number of nitrogens with one attached hydrogen (secondary N) is 1. The van der Waals surface area contributed by atoms with Crippen LogP contribution in [0.2, 0.25) is 5.02 Å². The van der Waals surface area contributed by atoms with E-state index in [-0.39, 0.29) is 5.91 Å². The Morgan fingerprint density at radius 3 is 2.47 bits per heavy atom. The largest absolute Gasteiger partial charge is 0.375 e. The second-order valence-electron chi connectivity index (χ2n) is 6.94. The second kappa shape index (κ2) is 9.57. The Morgan fingerprint density at radius 2 is 1.67 bits per heavy atom. The fourth-order valence-corrected chi connectivity index (χ4v) is 3.39. The fraction of sp³-hybridized carbons (Fsp3) is 0.167. The zero-order valence-electron chi connectivity index (χ0n) is 16.4. The van der Waals surface area contributed by atoms with Crippen LogP contribution in [0.4, 0.5) is 0 Å². The molecule has 152 valence electrons. The topological polar surface area (TPSA) is 56.1 Å². The fourth-order valence-electron chi connectivity index (χ4n) is 3.26. The lowest BCUT2D eigenvalue weighted by atomic mass is 10.2. The van der Waals surface area contributed by atoms with Crippen LogP contribution in [0.1, 0.15) is 21.6 Å². The predicted octanol–water partition coefficient (Wildman–Crippen LogP) is 4.68. The van der Waals surface area contributed by atoms with Crippen LogP contribution < -0.4 is 5.32 Å². The molecule has 0 aliphatic heterocycles. The van der Waals surface area contributed by atoms with Crippen LogP contribution in [0.25, 0.3) is 10.9 Å². The molecule has 1 N–H and O–H groups in total. The van der Waals surface area contributed by atoms with E-state index in [0.29, 0.717) is 37.0 Å². The third-order valence-electron chi connectivity index (χ3n) is 4.76. The van der Waals surface area contributed by atoms with Gasteiger partial charge in [-0.2, -0.15) is 5.10 Å². The van der Waals surface area contributed by atoms with Gasteiger partial charge in [0.15, 0.2) is 5.69 Å². The molecule has 4 rings (SSSR count). The molecule has 0 radical (unpaired) electrons. The molecular formula is C24H22ClN3O2. The molecule has 1 aromatic heterocycles. The number of benzene rings is 3. The minimum Gasteiger partial charge on any atom is -0.375 e. The average molecular weight is 420 g/mol. The number of carbonyl (C=O) groups is 1. The van der Waals surface area contributed by atoms with Crippen LogP contribution in [0.15, 0.2) is 78.9 Å². The summed E-state index contributed by atoms with van der Waals surface area (Å²) in [5.41, 5.74) is 3.50. The maximum Gasteiger partial charge on any atom is 0.272 e. The Labute approximate surface area is 180 Å². The lowest BCUT2D eigenvalue weighted by Crippen LogP contribution is -2.28. The average Bonchev–Trinajstić information content (AvgIpc) is 3.14. The first kappa shape index (κ1) is 20.1. The molecular weight excluding hydrogens is 398 g/mol. The standard InChI is InChI=1S/C24H22ClN3O2/c25-20-12-10-18(11-13-20)16-28-22-9-5-4-8-21(22)23(27-28)24(29)26-14-15-30-17-19-6-2-1-3-7-19/h1-13H,14-17H2,(H,26,29). The first-order valence-corrected chi connectivity index (χ1v) is 10.2. The first-order chi connectivity index (χ1) is 14.7. The molecule has 0 unspecified atom stereocenters. The monoisotopic (exact) mass is 419 g/mol. The number of amides is 1. The summed E-state index contributed by atoms with van der Waals surface area (Å²) in [5.74, 6) is -0.204. The Hall–Kier alpha value is -3.15. The molecule has 4 aromatic rings. The number of rotatable bonds is 8. The van der Waals surface area contributed by atoms with E-state index in [9.17, 15) is 4.79 Å². The molecule has 0 spiro atoms. The van der Waals surface area contributed by atoms with Gasteiger partial charge in [0, 0.05) is 17.0 Å². The van der Waals surface area contributed by atoms with Crippen molar-refractivity contribution in [1.29, 1.82) is 0 Å². The Morgan fingerprint density at radius 1 is 0.933 bits per heavy atom. The first-order valence-electron chi connectivity index (χ1n) is 9.80. The summed E-state index contributed by atoms with van der Waals surface area (Å²) in [6.45, 7) is 1.94. The Bertz CT molecular complexity index is 1120. The quantitative estimate of drug-likeness (QED) is 0.422. The van der Waals surface area contributed by atoms with Crippen molar-refractivity contribution in [3.8, 4) is 0 Å². The van der Waals surface area contributed by atoms with Gasteiger partial charge in [0.2, 0.25) is 0 Å². The van der Waals surface area contributed by atoms with Gasteiger partial charge in [-0.05, 0) is 29.3 Å². The van der Waals surface area contributed by atoms with E-state index in [1.807, 2.05) is 83.5 Å². The van der Waals surface area contributed by atoms with Gasteiger partial charge < -0.3 is 10.1 Å². The van der Waals surface area contributed by atoms with Crippen LogP contribution >= 0.6 is 11.6 Å². The number of halogens is 1. The molecule has 0 saturated heterocycles. The maximum absolute atomic E-state index is 12.7. The van der Waals surface area contributed by atoms with Crippen molar-refractivity contribution in [2.24, 2.45) is 0 Å². The number of hydrogen-bond donors (Lipinski definition) is 1. The molecule has 0 bridgehead atoms. The van der Waals surface area contributed by atoms with E-state index < -0.39 is 0 Å². The number of aromatic nitrogens is 2. The summed E-state index contributed by atoms with van der Waals surface area (Å²) < 4.78 is 7.48. The molecule has 0 atom stereocenters. The van der Waals surface area contributed by atoms with E-state index in [0.717, 1.165) is 22.0 Å². The van der Waals surface area contributed by atoms with E-state index in [2.05, 4.69) is 10.4 Å². The van der Waals surface area contributed by atoms with Gasteiger partial charge in [-0.25, -0.2) is 0 Å². The zero-order chi connectivity index (χ0) is 20.8. The van der Waals surface area contributed by atoms with Crippen LogP contribution in [0, 0.1) is 0 Å². The van der Waals surface area contributed by atoms with Crippen LogP contribution in [0.5, 0.6) is 0 Å². The molecule has 6 heteroatoms. The number of fused-ring (bicyclic) bond motifs is 1. The van der Waals surface area contributed by atoms with Gasteiger partial charge in [0.25, 0.3) is 5.91 Å². The normalized spacial score (nSPS) is 11.0. The lowest BCUT2D eigenvalue weighted by molar-refractivity contribution is 0.0897. The number of para-hydroxylation sites is 1. The summed E-state index contributed by atoms with van der Waals surface area (Å²) in [6, 6.07) is 25.3. The van der Waals surface area contributed by atoms with Crippen molar-refractivity contribution in [1.82, 2.24) is 15.1 Å². The van der Waals surface area contributed by atoms with Crippen molar-refractivity contribution >= 4 is 28.4 Å². The summed E-state index contributed by atoms with van der Waals surface area (Å²) in [6.07, 6.45) is 0. The number of hydrogen-bond acceptors (Lipinski definition) is 3. The smallest absolute Gasteiger partial charge is 0.272 e. The molecule has 0 aliphatic rings. The molecule has 1 heterocycles. The van der Waals surface area contributed by atoms with Crippen LogP contribution in [-0.2, 0) is 17.9 Å². The van der Waals surface area contributed by atoms with Crippen molar-refractivity contribution in [2.75, 3.05) is 13.2 Å². The molecule has 30 heavy (non-hydrogen) atoms. The number of carbonyl (C=O) groups excluding carboxylic acids is 1. The van der Waals surface area contributed by atoms with E-state index >= 15 is 0 Å². The van der Waals surface area contributed by atoms with Gasteiger partial charge in [0.05, 0.1) is 25.3 Å². The van der Waals surface area contributed by atoms with Gasteiger partial charge in [-0.3, -0.25) is 9.48 Å². The zero-order valence-corrected chi connectivity index (χ0v) is 17.2. The SMILES string of the molecule is O=C(NCCOCc1ccccc1)c1nn(Cc2ccc(Cl)cc2)c2ccccc12. The van der Waals surface area contributed by atoms with Crippen LogP contribution in [0.3, 0.4) is 0 Å². The highest BCUT2D eigenvalue weighted by molar-refractivity contribution is 6.30. The highest BCUT2D eigenvalue weighted by Gasteiger charge is 2.16. The summed E-state index contributed by atoms with van der Waals surface area (Å²) in [7, 11) is 0. The van der Waals surface area contributed by atoms with E-state index in [1.165, 1.54) is 0 Å². The molecule has 0 fully saturated rings. The molecule has 3 aromatic carbocycles. The van der Waals surface area contributed by atoms with Gasteiger partial charge in [0.1, 0.15) is 0 Å². The Kier molecular flexibility index (Phi) is 6.42. The summed E-state index contributed by atoms with van der Waals surface area (Å²) >= 11 is 5.98. The summed E-state index contributed by atoms with van der Waals surface area (Å²) in [5, 5.41) is 9.01. The van der Waals surface area contributed by atoms with Crippen molar-refractivity contribution in [3.63, 3.8) is 0 Å². The minimum atomic E-state index is -0.204. The molecule has 0 aliphatic carbocycles. The summed E-state index contributed by atoms with van der Waals surface area (Å²) in [4.78, 5) is 12.7. The molecule has 0 saturated carbocycles.